The summed E-state index contributed by atoms with van der Waals surface area (Å²) in [5.41, 5.74) is 8.94. The Labute approximate surface area is 188 Å². The highest BCUT2D eigenvalue weighted by atomic mass is 35.5. The van der Waals surface area contributed by atoms with Gasteiger partial charge in [-0.3, -0.25) is 0 Å². The first kappa shape index (κ1) is 24.6. The number of phenols is 1. The molecule has 0 saturated heterocycles. The maximum absolute atomic E-state index is 14.0. The fourth-order valence-corrected chi connectivity index (χ4v) is 3.20. The van der Waals surface area contributed by atoms with E-state index in [1.54, 1.807) is 6.08 Å². The van der Waals surface area contributed by atoms with Crippen molar-refractivity contribution in [1.29, 1.82) is 5.41 Å². The normalized spacial score (nSPS) is 12.4. The summed E-state index contributed by atoms with van der Waals surface area (Å²) < 4.78 is 19.9. The van der Waals surface area contributed by atoms with Gasteiger partial charge in [0, 0.05) is 18.5 Å². The summed E-state index contributed by atoms with van der Waals surface area (Å²) in [5, 5.41) is 18.8. The van der Waals surface area contributed by atoms with Crippen LogP contribution in [-0.4, -0.2) is 17.4 Å². The van der Waals surface area contributed by atoms with Crippen molar-refractivity contribution < 1.29 is 14.2 Å². The van der Waals surface area contributed by atoms with Crippen LogP contribution in [0, 0.1) is 17.1 Å². The number of aromatic hydroxyl groups is 1. The van der Waals surface area contributed by atoms with E-state index in [0.717, 1.165) is 17.2 Å². The third-order valence-corrected chi connectivity index (χ3v) is 5.09. The van der Waals surface area contributed by atoms with E-state index >= 15 is 0 Å². The van der Waals surface area contributed by atoms with Crippen molar-refractivity contribution in [2.24, 2.45) is 11.7 Å². The molecule has 0 saturated carbocycles. The van der Waals surface area contributed by atoms with Crippen LogP contribution in [0.25, 0.3) is 5.57 Å². The lowest BCUT2D eigenvalue weighted by Crippen LogP contribution is -2.14. The van der Waals surface area contributed by atoms with E-state index in [0.29, 0.717) is 43.0 Å². The Balaban J connectivity index is 2.31. The molecule has 0 radical (unpaired) electrons. The molecule has 0 bridgehead atoms. The minimum atomic E-state index is -0.546. The Morgan fingerprint density at radius 2 is 1.87 bits per heavy atom. The second-order valence-electron chi connectivity index (χ2n) is 7.55. The van der Waals surface area contributed by atoms with E-state index in [2.05, 4.69) is 0 Å². The number of ether oxygens (including phenoxy) is 1. The molecule has 0 aliphatic heterocycles. The van der Waals surface area contributed by atoms with E-state index in [9.17, 15) is 9.50 Å². The number of nitrogens with one attached hydrogen (secondary N) is 1. The molecule has 31 heavy (non-hydrogen) atoms. The third-order valence-electron chi connectivity index (χ3n) is 4.80. The maximum atomic E-state index is 14.0. The molecular weight excluding hydrogens is 415 g/mol. The molecule has 2 aromatic carbocycles. The van der Waals surface area contributed by atoms with Crippen LogP contribution in [0.1, 0.15) is 43.9 Å². The SMILES string of the molecule is CC/C=C(/C=C(/OCCc1ccc(CN)cc1)C(=N)C(C)C)c1cc(F)cc(Cl)c1O. The lowest BCUT2D eigenvalue weighted by molar-refractivity contribution is 0.233. The second kappa shape index (κ2) is 11.7. The van der Waals surface area contributed by atoms with Gasteiger partial charge in [0.05, 0.1) is 17.3 Å². The van der Waals surface area contributed by atoms with Gasteiger partial charge in [-0.05, 0) is 47.2 Å². The fraction of sp³-hybridized carbons (Fsp3) is 0.320. The molecule has 0 fully saturated rings. The average molecular weight is 445 g/mol. The van der Waals surface area contributed by atoms with Crippen LogP contribution in [0.4, 0.5) is 4.39 Å². The Morgan fingerprint density at radius 3 is 2.45 bits per heavy atom. The van der Waals surface area contributed by atoms with Crippen LogP contribution in [0.15, 0.2) is 54.3 Å². The monoisotopic (exact) mass is 444 g/mol. The average Bonchev–Trinajstić information content (AvgIpc) is 2.74. The van der Waals surface area contributed by atoms with Gasteiger partial charge in [-0.1, -0.05) is 62.7 Å². The molecule has 166 valence electrons. The van der Waals surface area contributed by atoms with Crippen LogP contribution in [-0.2, 0) is 17.7 Å². The summed E-state index contributed by atoms with van der Waals surface area (Å²) in [6.45, 7) is 6.62. The van der Waals surface area contributed by atoms with E-state index in [1.165, 1.54) is 6.07 Å². The van der Waals surface area contributed by atoms with Crippen molar-refractivity contribution in [2.45, 2.75) is 40.2 Å². The summed E-state index contributed by atoms with van der Waals surface area (Å²) in [7, 11) is 0. The van der Waals surface area contributed by atoms with Gasteiger partial charge in [0.2, 0.25) is 0 Å². The molecule has 2 rings (SSSR count). The Hall–Kier alpha value is -2.63. The molecular formula is C25H30ClFN2O2. The van der Waals surface area contributed by atoms with E-state index in [-0.39, 0.29) is 22.3 Å². The summed E-state index contributed by atoms with van der Waals surface area (Å²) in [5.74, 6) is -0.430. The molecule has 0 atom stereocenters. The van der Waals surface area contributed by atoms with E-state index < -0.39 is 5.82 Å². The highest BCUT2D eigenvalue weighted by molar-refractivity contribution is 6.32. The quantitative estimate of drug-likeness (QED) is 0.230. The summed E-state index contributed by atoms with van der Waals surface area (Å²) in [4.78, 5) is 0. The van der Waals surface area contributed by atoms with Gasteiger partial charge < -0.3 is 21.0 Å². The Morgan fingerprint density at radius 1 is 1.23 bits per heavy atom. The van der Waals surface area contributed by atoms with Gasteiger partial charge in [-0.2, -0.15) is 0 Å². The van der Waals surface area contributed by atoms with Gasteiger partial charge >= 0.3 is 0 Å². The molecule has 4 N–H and O–H groups in total. The number of hydrogen-bond acceptors (Lipinski definition) is 4. The van der Waals surface area contributed by atoms with Crippen molar-refractivity contribution in [3.63, 3.8) is 0 Å². The van der Waals surface area contributed by atoms with Gasteiger partial charge in [-0.25, -0.2) is 4.39 Å². The summed E-state index contributed by atoms with van der Waals surface area (Å²) in [6.07, 6.45) is 4.83. The molecule has 0 spiro atoms. The molecule has 0 aliphatic carbocycles. The van der Waals surface area contributed by atoms with Crippen LogP contribution >= 0.6 is 11.6 Å². The van der Waals surface area contributed by atoms with Gasteiger partial charge in [0.1, 0.15) is 17.3 Å². The number of nitrogens with two attached hydrogens (primary N) is 1. The zero-order valence-corrected chi connectivity index (χ0v) is 19.0. The van der Waals surface area contributed by atoms with Crippen LogP contribution < -0.4 is 5.73 Å². The molecule has 0 heterocycles. The van der Waals surface area contributed by atoms with Crippen molar-refractivity contribution >= 4 is 22.9 Å². The highest BCUT2D eigenvalue weighted by Gasteiger charge is 2.16. The number of hydrogen-bond donors (Lipinski definition) is 3. The third kappa shape index (κ3) is 6.94. The van der Waals surface area contributed by atoms with Gasteiger partial charge in [0.15, 0.2) is 0 Å². The van der Waals surface area contributed by atoms with Crippen molar-refractivity contribution in [2.75, 3.05) is 6.61 Å². The first-order chi connectivity index (χ1) is 14.8. The highest BCUT2D eigenvalue weighted by Crippen LogP contribution is 2.35. The predicted molar refractivity (Wildman–Crippen MR) is 126 cm³/mol. The van der Waals surface area contributed by atoms with E-state index in [4.69, 9.17) is 27.5 Å². The topological polar surface area (TPSA) is 79.3 Å². The van der Waals surface area contributed by atoms with Crippen molar-refractivity contribution in [3.05, 3.63) is 81.8 Å². The number of phenolic OH excluding ortho intramolecular Hbond substituents is 1. The molecule has 0 unspecified atom stereocenters. The van der Waals surface area contributed by atoms with Crippen LogP contribution in [0.3, 0.4) is 0 Å². The predicted octanol–water partition coefficient (Wildman–Crippen LogP) is 6.26. The van der Waals surface area contributed by atoms with E-state index in [1.807, 2.05) is 51.1 Å². The molecule has 0 amide bonds. The maximum Gasteiger partial charge on any atom is 0.142 e. The van der Waals surface area contributed by atoms with Gasteiger partial charge in [0.25, 0.3) is 0 Å². The molecule has 4 nitrogen and oxygen atoms in total. The Kier molecular flexibility index (Phi) is 9.28. The zero-order valence-electron chi connectivity index (χ0n) is 18.2. The first-order valence-corrected chi connectivity index (χ1v) is 10.7. The number of allylic oxidation sites excluding steroid dienone is 4. The number of halogens is 2. The zero-order chi connectivity index (χ0) is 23.0. The first-order valence-electron chi connectivity index (χ1n) is 10.4. The molecule has 0 aliphatic rings. The fourth-order valence-electron chi connectivity index (χ4n) is 3.00. The minimum Gasteiger partial charge on any atom is -0.506 e. The second-order valence-corrected chi connectivity index (χ2v) is 7.95. The van der Waals surface area contributed by atoms with Crippen molar-refractivity contribution in [3.8, 4) is 5.75 Å². The van der Waals surface area contributed by atoms with Crippen molar-refractivity contribution in [1.82, 2.24) is 0 Å². The molecule has 0 aromatic heterocycles. The summed E-state index contributed by atoms with van der Waals surface area (Å²) >= 11 is 5.97. The molecule has 2 aromatic rings. The standard InChI is InChI=1S/C25H30ClFN2O2/c1-4-5-19(21-13-20(27)14-22(26)25(21)30)12-23(24(29)16(2)3)31-11-10-17-6-8-18(15-28)9-7-17/h5-9,12-14,16,29-30H,4,10-11,15,28H2,1-3H3/b19-5-,23-12+,29-24?. The number of rotatable bonds is 10. The Bertz CT molecular complexity index is 966. The lowest BCUT2D eigenvalue weighted by atomic mass is 9.99. The van der Waals surface area contributed by atoms with Crippen LogP contribution in [0.5, 0.6) is 5.75 Å². The smallest absolute Gasteiger partial charge is 0.142 e. The minimum absolute atomic E-state index is 0.0623. The molecule has 6 heteroatoms. The van der Waals surface area contributed by atoms with Gasteiger partial charge in [-0.15, -0.1) is 0 Å². The van der Waals surface area contributed by atoms with Crippen LogP contribution in [0.2, 0.25) is 5.02 Å². The largest absolute Gasteiger partial charge is 0.506 e. The number of benzene rings is 2. The lowest BCUT2D eigenvalue weighted by Gasteiger charge is -2.16. The summed E-state index contributed by atoms with van der Waals surface area (Å²) in [6, 6.07) is 10.3.